The first-order valence-electron chi connectivity index (χ1n) is 9.48. The summed E-state index contributed by atoms with van der Waals surface area (Å²) in [5, 5.41) is 20.7. The fraction of sp³-hybridized carbons (Fsp3) is 0.474. The predicted molar refractivity (Wildman–Crippen MR) is 103 cm³/mol. The van der Waals surface area contributed by atoms with E-state index in [2.05, 4.69) is 16.2 Å². The number of carbonyl (C=O) groups is 4. The summed E-state index contributed by atoms with van der Waals surface area (Å²) in [6.07, 6.45) is 3.08. The van der Waals surface area contributed by atoms with E-state index in [-0.39, 0.29) is 23.0 Å². The Hall–Kier alpha value is -3.34. The molecule has 0 aliphatic carbocycles. The smallest absolute Gasteiger partial charge is 0.341 e. The number of carboxylic acid groups (broad SMARTS) is 2. The second-order valence-electron chi connectivity index (χ2n) is 6.76. The third-order valence-electron chi connectivity index (χ3n) is 4.46. The first-order valence-corrected chi connectivity index (χ1v) is 9.48. The Labute approximate surface area is 172 Å². The summed E-state index contributed by atoms with van der Waals surface area (Å²) < 4.78 is 10.1. The third-order valence-corrected chi connectivity index (χ3v) is 4.46. The van der Waals surface area contributed by atoms with Crippen molar-refractivity contribution in [1.29, 1.82) is 0 Å². The zero-order valence-electron chi connectivity index (χ0n) is 16.3. The van der Waals surface area contributed by atoms with Crippen LogP contribution in [-0.4, -0.2) is 60.3 Å². The molecule has 0 bridgehead atoms. The van der Waals surface area contributed by atoms with Gasteiger partial charge in [-0.1, -0.05) is 0 Å². The van der Waals surface area contributed by atoms with Crippen LogP contribution in [0.5, 0.6) is 11.5 Å². The third kappa shape index (κ3) is 7.95. The quantitative estimate of drug-likeness (QED) is 0.330. The Morgan fingerprint density at radius 3 is 2.23 bits per heavy atom. The molecular formula is C19H25N3O8. The number of ether oxygens (including phenoxy) is 2. The highest BCUT2D eigenvalue weighted by atomic mass is 16.5. The van der Waals surface area contributed by atoms with Gasteiger partial charge in [-0.25, -0.2) is 9.59 Å². The number of aliphatic carboxylic acids is 2. The van der Waals surface area contributed by atoms with Gasteiger partial charge >= 0.3 is 11.9 Å². The maximum atomic E-state index is 12.3. The maximum absolute atomic E-state index is 12.3. The monoisotopic (exact) mass is 423 g/mol. The van der Waals surface area contributed by atoms with Crippen LogP contribution in [0.1, 0.15) is 36.0 Å². The number of amides is 2. The van der Waals surface area contributed by atoms with Crippen LogP contribution in [0.15, 0.2) is 18.2 Å². The molecule has 11 nitrogen and oxygen atoms in total. The number of carbonyl (C=O) groups excluding carboxylic acids is 2. The maximum Gasteiger partial charge on any atom is 0.341 e. The highest BCUT2D eigenvalue weighted by Crippen LogP contribution is 2.28. The van der Waals surface area contributed by atoms with E-state index in [0.717, 1.165) is 32.4 Å². The number of piperidine rings is 1. The molecule has 1 aromatic carbocycles. The van der Waals surface area contributed by atoms with Crippen molar-refractivity contribution in [2.45, 2.75) is 25.7 Å². The van der Waals surface area contributed by atoms with Gasteiger partial charge in [0, 0.05) is 12.0 Å². The highest BCUT2D eigenvalue weighted by Gasteiger charge is 2.16. The molecule has 0 spiro atoms. The fourth-order valence-electron chi connectivity index (χ4n) is 2.93. The first kappa shape index (κ1) is 22.9. The van der Waals surface area contributed by atoms with Gasteiger partial charge in [-0.3, -0.25) is 20.4 Å². The number of hydrogen-bond donors (Lipinski definition) is 5. The molecule has 1 aromatic rings. The van der Waals surface area contributed by atoms with E-state index in [1.165, 1.54) is 18.2 Å². The molecule has 11 heteroatoms. The van der Waals surface area contributed by atoms with Gasteiger partial charge in [-0.2, -0.15) is 0 Å². The molecule has 2 amide bonds. The molecule has 0 atom stereocenters. The fourth-order valence-corrected chi connectivity index (χ4v) is 2.93. The summed E-state index contributed by atoms with van der Waals surface area (Å²) in [5.74, 6) is -3.09. The second-order valence-corrected chi connectivity index (χ2v) is 6.76. The van der Waals surface area contributed by atoms with Crippen LogP contribution < -0.4 is 25.6 Å². The summed E-state index contributed by atoms with van der Waals surface area (Å²) in [5.41, 5.74) is 4.70. The van der Waals surface area contributed by atoms with Gasteiger partial charge in [0.2, 0.25) is 5.91 Å². The zero-order chi connectivity index (χ0) is 21.9. The van der Waals surface area contributed by atoms with Crippen LogP contribution >= 0.6 is 0 Å². The minimum Gasteiger partial charge on any atom is -0.479 e. The molecular weight excluding hydrogens is 398 g/mol. The van der Waals surface area contributed by atoms with Gasteiger partial charge in [0.1, 0.15) is 0 Å². The lowest BCUT2D eigenvalue weighted by atomic mass is 9.93. The number of nitrogens with one attached hydrogen (secondary N) is 3. The SMILES string of the molecule is O=C(O)COc1ccc(C(=O)NNC(=O)CCC2CCNCC2)cc1OCC(=O)O. The van der Waals surface area contributed by atoms with E-state index in [9.17, 15) is 19.2 Å². The number of hydrazine groups is 1. The Balaban J connectivity index is 1.91. The summed E-state index contributed by atoms with van der Waals surface area (Å²) in [7, 11) is 0. The van der Waals surface area contributed by atoms with Crippen molar-refractivity contribution in [3.63, 3.8) is 0 Å². The molecule has 1 heterocycles. The van der Waals surface area contributed by atoms with Crippen LogP contribution in [0.3, 0.4) is 0 Å². The Morgan fingerprint density at radius 2 is 1.60 bits per heavy atom. The molecule has 0 saturated carbocycles. The Kier molecular flexibility index (Phi) is 8.88. The molecule has 0 unspecified atom stereocenters. The highest BCUT2D eigenvalue weighted by molar-refractivity contribution is 5.96. The van der Waals surface area contributed by atoms with Gasteiger partial charge in [-0.05, 0) is 56.5 Å². The lowest BCUT2D eigenvalue weighted by molar-refractivity contribution is -0.140. The van der Waals surface area contributed by atoms with Gasteiger partial charge in [0.05, 0.1) is 0 Å². The molecule has 1 fully saturated rings. The molecule has 5 N–H and O–H groups in total. The van der Waals surface area contributed by atoms with E-state index < -0.39 is 31.1 Å². The Morgan fingerprint density at radius 1 is 0.967 bits per heavy atom. The standard InChI is InChI=1S/C19H25N3O8/c23-16(4-1-12-5-7-20-8-6-12)21-22-19(28)13-2-3-14(29-10-17(24)25)15(9-13)30-11-18(26)27/h2-3,9,12,20H,1,4-8,10-11H2,(H,21,23)(H,22,28)(H,24,25)(H,26,27). The molecule has 0 radical (unpaired) electrons. The molecule has 1 aliphatic rings. The van der Waals surface area contributed by atoms with Gasteiger partial charge in [-0.15, -0.1) is 0 Å². The summed E-state index contributed by atoms with van der Waals surface area (Å²) in [4.78, 5) is 45.6. The van der Waals surface area contributed by atoms with Crippen LogP contribution in [0.4, 0.5) is 0 Å². The predicted octanol–water partition coefficient (Wildman–Crippen LogP) is 0.154. The van der Waals surface area contributed by atoms with Crippen LogP contribution in [0.25, 0.3) is 0 Å². The molecule has 0 aromatic heterocycles. The molecule has 2 rings (SSSR count). The van der Waals surface area contributed by atoms with Crippen LogP contribution in [-0.2, 0) is 14.4 Å². The number of rotatable bonds is 10. The van der Waals surface area contributed by atoms with E-state index >= 15 is 0 Å². The van der Waals surface area contributed by atoms with Crippen molar-refractivity contribution in [1.82, 2.24) is 16.2 Å². The normalized spacial score (nSPS) is 13.9. The van der Waals surface area contributed by atoms with Gasteiger partial charge in [0.25, 0.3) is 5.91 Å². The van der Waals surface area contributed by atoms with Gasteiger partial charge < -0.3 is 25.0 Å². The van der Waals surface area contributed by atoms with Crippen molar-refractivity contribution in [2.24, 2.45) is 5.92 Å². The summed E-state index contributed by atoms with van der Waals surface area (Å²) in [6.45, 7) is 0.521. The molecule has 1 saturated heterocycles. The molecule has 164 valence electrons. The summed E-state index contributed by atoms with van der Waals surface area (Å²) in [6, 6.07) is 3.83. The minimum absolute atomic E-state index is 0.0267. The lowest BCUT2D eigenvalue weighted by Gasteiger charge is -2.22. The van der Waals surface area contributed by atoms with Crippen molar-refractivity contribution in [2.75, 3.05) is 26.3 Å². The molecule has 1 aliphatic heterocycles. The topological polar surface area (TPSA) is 163 Å². The van der Waals surface area contributed by atoms with Crippen molar-refractivity contribution >= 4 is 23.8 Å². The van der Waals surface area contributed by atoms with Crippen LogP contribution in [0, 0.1) is 5.92 Å². The van der Waals surface area contributed by atoms with E-state index in [0.29, 0.717) is 12.3 Å². The second kappa shape index (κ2) is 11.6. The van der Waals surface area contributed by atoms with E-state index in [4.69, 9.17) is 19.7 Å². The van der Waals surface area contributed by atoms with E-state index in [1.54, 1.807) is 0 Å². The first-order chi connectivity index (χ1) is 14.3. The van der Waals surface area contributed by atoms with Gasteiger partial charge in [0.15, 0.2) is 24.7 Å². The van der Waals surface area contributed by atoms with E-state index in [1.807, 2.05) is 0 Å². The van der Waals surface area contributed by atoms with Crippen LogP contribution in [0.2, 0.25) is 0 Å². The number of benzene rings is 1. The lowest BCUT2D eigenvalue weighted by Crippen LogP contribution is -2.41. The Bertz CT molecular complexity index is 777. The zero-order valence-corrected chi connectivity index (χ0v) is 16.3. The summed E-state index contributed by atoms with van der Waals surface area (Å²) >= 11 is 0. The average molecular weight is 423 g/mol. The average Bonchev–Trinajstić information content (AvgIpc) is 2.73. The number of hydrogen-bond acceptors (Lipinski definition) is 7. The van der Waals surface area contributed by atoms with Crippen molar-refractivity contribution < 1.29 is 38.9 Å². The number of carboxylic acids is 2. The largest absolute Gasteiger partial charge is 0.479 e. The van der Waals surface area contributed by atoms with Crippen molar-refractivity contribution in [3.05, 3.63) is 23.8 Å². The van der Waals surface area contributed by atoms with Crippen molar-refractivity contribution in [3.8, 4) is 11.5 Å². The minimum atomic E-state index is -1.25. The molecule has 30 heavy (non-hydrogen) atoms.